The summed E-state index contributed by atoms with van der Waals surface area (Å²) >= 11 is 0. The van der Waals surface area contributed by atoms with Gasteiger partial charge in [-0.05, 0) is 39.2 Å². The highest BCUT2D eigenvalue weighted by molar-refractivity contribution is 5.81. The van der Waals surface area contributed by atoms with E-state index >= 15 is 0 Å². The molecular formula is C18H25NO4. The van der Waals surface area contributed by atoms with E-state index in [1.54, 1.807) is 0 Å². The third-order valence-corrected chi connectivity index (χ3v) is 3.87. The molecule has 0 bridgehead atoms. The first-order valence-corrected chi connectivity index (χ1v) is 7.92. The van der Waals surface area contributed by atoms with Gasteiger partial charge in [-0.1, -0.05) is 30.3 Å². The Balaban J connectivity index is 2.19. The molecule has 0 unspecified atom stereocenters. The molecule has 1 heterocycles. The number of ether oxygens (including phenoxy) is 2. The van der Waals surface area contributed by atoms with Gasteiger partial charge in [0.25, 0.3) is 0 Å². The third-order valence-electron chi connectivity index (χ3n) is 3.87. The first kappa shape index (κ1) is 17.5. The standard InChI is InChI=1S/C18H25NO4/c1-18(2,3)23-17(21)15-11-10-14(16(20)22-4)19(15)12-13-8-6-5-7-9-13/h5-9,14-15H,10-12H2,1-4H3/t14-,15+/m0/s1. The number of hydrogen-bond donors (Lipinski definition) is 0. The van der Waals surface area contributed by atoms with Crippen LogP contribution in [0.2, 0.25) is 0 Å². The van der Waals surface area contributed by atoms with Gasteiger partial charge in [-0.25, -0.2) is 0 Å². The fourth-order valence-electron chi connectivity index (χ4n) is 2.89. The average molecular weight is 319 g/mol. The summed E-state index contributed by atoms with van der Waals surface area (Å²) in [7, 11) is 1.38. The number of esters is 2. The highest BCUT2D eigenvalue weighted by Crippen LogP contribution is 2.29. The molecule has 5 heteroatoms. The topological polar surface area (TPSA) is 55.8 Å². The molecule has 1 saturated heterocycles. The normalized spacial score (nSPS) is 21.9. The Hall–Kier alpha value is -1.88. The lowest BCUT2D eigenvalue weighted by Gasteiger charge is -2.30. The minimum Gasteiger partial charge on any atom is -0.468 e. The minimum atomic E-state index is -0.543. The molecule has 23 heavy (non-hydrogen) atoms. The van der Waals surface area contributed by atoms with Crippen LogP contribution in [0.15, 0.2) is 30.3 Å². The molecule has 126 valence electrons. The first-order valence-electron chi connectivity index (χ1n) is 7.92. The second-order valence-corrected chi connectivity index (χ2v) is 6.82. The predicted octanol–water partition coefficient (Wildman–Crippen LogP) is 2.53. The van der Waals surface area contributed by atoms with Crippen LogP contribution in [-0.2, 0) is 25.6 Å². The summed E-state index contributed by atoms with van der Waals surface area (Å²) in [6.45, 7) is 6.06. The highest BCUT2D eigenvalue weighted by atomic mass is 16.6. The predicted molar refractivity (Wildman–Crippen MR) is 86.7 cm³/mol. The van der Waals surface area contributed by atoms with Gasteiger partial charge in [0.1, 0.15) is 17.7 Å². The molecule has 1 aliphatic rings. The number of nitrogens with zero attached hydrogens (tertiary/aromatic N) is 1. The van der Waals surface area contributed by atoms with Crippen molar-refractivity contribution in [1.29, 1.82) is 0 Å². The van der Waals surface area contributed by atoms with Crippen LogP contribution < -0.4 is 0 Å². The van der Waals surface area contributed by atoms with E-state index in [9.17, 15) is 9.59 Å². The van der Waals surface area contributed by atoms with E-state index in [2.05, 4.69) is 0 Å². The van der Waals surface area contributed by atoms with Crippen molar-refractivity contribution in [3.8, 4) is 0 Å². The molecule has 2 rings (SSSR count). The van der Waals surface area contributed by atoms with Crippen molar-refractivity contribution >= 4 is 11.9 Å². The van der Waals surface area contributed by atoms with Crippen molar-refractivity contribution in [2.75, 3.05) is 7.11 Å². The van der Waals surface area contributed by atoms with Crippen molar-refractivity contribution in [2.45, 2.75) is 57.8 Å². The largest absolute Gasteiger partial charge is 0.468 e. The van der Waals surface area contributed by atoms with Crippen molar-refractivity contribution in [3.05, 3.63) is 35.9 Å². The van der Waals surface area contributed by atoms with Crippen molar-refractivity contribution in [3.63, 3.8) is 0 Å². The molecule has 0 aliphatic carbocycles. The number of benzene rings is 1. The lowest BCUT2D eigenvalue weighted by atomic mass is 10.1. The van der Waals surface area contributed by atoms with E-state index in [1.165, 1.54) is 7.11 Å². The number of carbonyl (C=O) groups excluding carboxylic acids is 2. The molecule has 0 saturated carbocycles. The number of rotatable bonds is 4. The molecule has 0 N–H and O–H groups in total. The maximum absolute atomic E-state index is 12.5. The minimum absolute atomic E-state index is 0.278. The number of carbonyl (C=O) groups is 2. The Kier molecular flexibility index (Phi) is 5.42. The monoisotopic (exact) mass is 319 g/mol. The summed E-state index contributed by atoms with van der Waals surface area (Å²) < 4.78 is 10.4. The van der Waals surface area contributed by atoms with Gasteiger partial charge in [0, 0.05) is 6.54 Å². The fraction of sp³-hybridized carbons (Fsp3) is 0.556. The smallest absolute Gasteiger partial charge is 0.323 e. The summed E-state index contributed by atoms with van der Waals surface area (Å²) in [5.74, 6) is -0.577. The Morgan fingerprint density at radius 1 is 1.09 bits per heavy atom. The molecule has 1 fully saturated rings. The molecule has 0 amide bonds. The van der Waals surface area contributed by atoms with Crippen LogP contribution in [-0.4, -0.2) is 41.6 Å². The SMILES string of the molecule is COC(=O)[C@@H]1CC[C@H](C(=O)OC(C)(C)C)N1Cc1ccccc1. The van der Waals surface area contributed by atoms with E-state index in [0.717, 1.165) is 5.56 Å². The second-order valence-electron chi connectivity index (χ2n) is 6.82. The van der Waals surface area contributed by atoms with Crippen molar-refractivity contribution < 1.29 is 19.1 Å². The van der Waals surface area contributed by atoms with Crippen LogP contribution in [0.5, 0.6) is 0 Å². The summed E-state index contributed by atoms with van der Waals surface area (Å²) in [5, 5.41) is 0. The van der Waals surface area contributed by atoms with Gasteiger partial charge in [0.15, 0.2) is 0 Å². The zero-order valence-electron chi connectivity index (χ0n) is 14.2. The van der Waals surface area contributed by atoms with Crippen LogP contribution in [0.25, 0.3) is 0 Å². The molecule has 2 atom stereocenters. The summed E-state index contributed by atoms with van der Waals surface area (Å²) in [4.78, 5) is 26.5. The van der Waals surface area contributed by atoms with Gasteiger partial charge >= 0.3 is 11.9 Å². The van der Waals surface area contributed by atoms with E-state index in [0.29, 0.717) is 19.4 Å². The first-order chi connectivity index (χ1) is 10.8. The Morgan fingerprint density at radius 2 is 1.65 bits per heavy atom. The van der Waals surface area contributed by atoms with Crippen LogP contribution >= 0.6 is 0 Å². The number of likely N-dealkylation sites (tertiary alicyclic amines) is 1. The quantitative estimate of drug-likeness (QED) is 0.798. The molecule has 0 spiro atoms. The van der Waals surface area contributed by atoms with Gasteiger partial charge < -0.3 is 9.47 Å². The van der Waals surface area contributed by atoms with Gasteiger partial charge in [-0.15, -0.1) is 0 Å². The molecule has 1 aromatic carbocycles. The van der Waals surface area contributed by atoms with Gasteiger partial charge in [0.05, 0.1) is 7.11 Å². The van der Waals surface area contributed by atoms with Gasteiger partial charge in [-0.2, -0.15) is 0 Å². The maximum Gasteiger partial charge on any atom is 0.323 e. The van der Waals surface area contributed by atoms with E-state index in [4.69, 9.17) is 9.47 Å². The summed E-state index contributed by atoms with van der Waals surface area (Å²) in [5.41, 5.74) is 0.510. The molecular weight excluding hydrogens is 294 g/mol. The Morgan fingerprint density at radius 3 is 2.17 bits per heavy atom. The van der Waals surface area contributed by atoms with Crippen LogP contribution in [0, 0.1) is 0 Å². The number of methoxy groups -OCH3 is 1. The van der Waals surface area contributed by atoms with Crippen LogP contribution in [0.1, 0.15) is 39.2 Å². The summed E-state index contributed by atoms with van der Waals surface area (Å²) in [6, 6.07) is 8.98. The summed E-state index contributed by atoms with van der Waals surface area (Å²) in [6.07, 6.45) is 1.20. The van der Waals surface area contributed by atoms with Gasteiger partial charge in [0.2, 0.25) is 0 Å². The highest BCUT2D eigenvalue weighted by Gasteiger charge is 2.43. The van der Waals surface area contributed by atoms with E-state index in [-0.39, 0.29) is 11.9 Å². The van der Waals surface area contributed by atoms with E-state index in [1.807, 2.05) is 56.0 Å². The molecule has 1 aliphatic heterocycles. The number of hydrogen-bond acceptors (Lipinski definition) is 5. The van der Waals surface area contributed by atoms with E-state index < -0.39 is 17.7 Å². The molecule has 1 aromatic rings. The van der Waals surface area contributed by atoms with Crippen molar-refractivity contribution in [2.24, 2.45) is 0 Å². The lowest BCUT2D eigenvalue weighted by Crippen LogP contribution is -2.46. The lowest BCUT2D eigenvalue weighted by molar-refractivity contribution is -0.162. The van der Waals surface area contributed by atoms with Crippen LogP contribution in [0.3, 0.4) is 0 Å². The second kappa shape index (κ2) is 7.13. The zero-order valence-corrected chi connectivity index (χ0v) is 14.2. The maximum atomic E-state index is 12.5. The third kappa shape index (κ3) is 4.55. The van der Waals surface area contributed by atoms with Crippen LogP contribution in [0.4, 0.5) is 0 Å². The van der Waals surface area contributed by atoms with Gasteiger partial charge in [-0.3, -0.25) is 14.5 Å². The zero-order chi connectivity index (χ0) is 17.0. The molecule has 0 radical (unpaired) electrons. The Labute approximate surface area is 137 Å². The molecule has 0 aromatic heterocycles. The molecule has 5 nitrogen and oxygen atoms in total. The average Bonchev–Trinajstić information content (AvgIpc) is 2.89. The fourth-order valence-corrected chi connectivity index (χ4v) is 2.89. The van der Waals surface area contributed by atoms with Crippen molar-refractivity contribution in [1.82, 2.24) is 4.90 Å². The Bertz CT molecular complexity index is 550.